The largest absolute Gasteiger partial charge is 0.483 e. The van der Waals surface area contributed by atoms with Gasteiger partial charge < -0.3 is 15.0 Å². The number of ether oxygens (including phenoxy) is 1. The molecular weight excluding hydrogens is 288 g/mol. The van der Waals surface area contributed by atoms with E-state index in [4.69, 9.17) is 16.3 Å². The zero-order chi connectivity index (χ0) is 15.2. The fourth-order valence-electron chi connectivity index (χ4n) is 2.72. The quantitative estimate of drug-likeness (QED) is 0.908. The Bertz CT molecular complexity index is 491. The third-order valence-corrected chi connectivity index (χ3v) is 4.34. The molecule has 1 aromatic carbocycles. The van der Waals surface area contributed by atoms with Crippen LogP contribution in [-0.2, 0) is 4.79 Å². The fourth-order valence-corrected chi connectivity index (χ4v) is 2.89. The van der Waals surface area contributed by atoms with E-state index < -0.39 is 0 Å². The number of carbonyl (C=O) groups is 1. The second kappa shape index (κ2) is 7.66. The number of piperidine rings is 1. The topological polar surface area (TPSA) is 41.6 Å². The molecule has 116 valence electrons. The SMILES string of the molecule is CNC[C@H]1CCCN(C(=O)COc2cccc(Cl)c2C)C1. The molecule has 1 N–H and O–H groups in total. The first-order chi connectivity index (χ1) is 10.1. The number of nitrogens with one attached hydrogen (secondary N) is 1. The Morgan fingerprint density at radius 1 is 1.52 bits per heavy atom. The molecule has 1 amide bonds. The molecule has 4 nitrogen and oxygen atoms in total. The van der Waals surface area contributed by atoms with Crippen molar-refractivity contribution in [1.82, 2.24) is 10.2 Å². The van der Waals surface area contributed by atoms with Crippen LogP contribution in [0.3, 0.4) is 0 Å². The van der Waals surface area contributed by atoms with E-state index in [1.54, 1.807) is 0 Å². The molecule has 21 heavy (non-hydrogen) atoms. The molecule has 1 aromatic rings. The number of amides is 1. The predicted octanol–water partition coefficient (Wildman–Crippen LogP) is 2.49. The van der Waals surface area contributed by atoms with Crippen molar-refractivity contribution < 1.29 is 9.53 Å². The smallest absolute Gasteiger partial charge is 0.260 e. The number of hydrogen-bond acceptors (Lipinski definition) is 3. The Morgan fingerprint density at radius 3 is 3.10 bits per heavy atom. The second-order valence-corrected chi connectivity index (χ2v) is 5.96. The molecule has 0 bridgehead atoms. The Labute approximate surface area is 131 Å². The van der Waals surface area contributed by atoms with Gasteiger partial charge in [-0.3, -0.25) is 4.79 Å². The van der Waals surface area contributed by atoms with Crippen molar-refractivity contribution in [2.75, 3.05) is 33.3 Å². The maximum absolute atomic E-state index is 12.3. The minimum atomic E-state index is 0.0511. The molecule has 5 heteroatoms. The van der Waals surface area contributed by atoms with Crippen molar-refractivity contribution in [3.05, 3.63) is 28.8 Å². The molecule has 1 heterocycles. The van der Waals surface area contributed by atoms with Gasteiger partial charge in [0.2, 0.25) is 0 Å². The summed E-state index contributed by atoms with van der Waals surface area (Å²) in [6.07, 6.45) is 2.24. The number of nitrogens with zero attached hydrogens (tertiary/aromatic N) is 1. The number of hydrogen-bond donors (Lipinski definition) is 1. The third kappa shape index (κ3) is 4.35. The summed E-state index contributed by atoms with van der Waals surface area (Å²) in [5, 5.41) is 3.84. The summed E-state index contributed by atoms with van der Waals surface area (Å²) in [7, 11) is 1.95. The maximum atomic E-state index is 12.3. The molecule has 1 aliphatic rings. The summed E-state index contributed by atoms with van der Waals surface area (Å²) in [6.45, 7) is 4.58. The molecule has 0 radical (unpaired) electrons. The highest BCUT2D eigenvalue weighted by Gasteiger charge is 2.23. The number of carbonyl (C=O) groups excluding carboxylic acids is 1. The summed E-state index contributed by atoms with van der Waals surface area (Å²) >= 11 is 6.05. The molecule has 2 rings (SSSR count). The Kier molecular flexibility index (Phi) is 5.88. The van der Waals surface area contributed by atoms with E-state index in [-0.39, 0.29) is 12.5 Å². The first-order valence-electron chi connectivity index (χ1n) is 7.42. The van der Waals surface area contributed by atoms with Crippen LogP contribution >= 0.6 is 11.6 Å². The predicted molar refractivity (Wildman–Crippen MR) is 84.9 cm³/mol. The zero-order valence-electron chi connectivity index (χ0n) is 12.7. The summed E-state index contributed by atoms with van der Waals surface area (Å²) in [5.41, 5.74) is 0.874. The second-order valence-electron chi connectivity index (χ2n) is 5.56. The number of halogens is 1. The normalized spacial score (nSPS) is 18.6. The van der Waals surface area contributed by atoms with Gasteiger partial charge in [-0.1, -0.05) is 17.7 Å². The molecule has 1 fully saturated rings. The Morgan fingerprint density at radius 2 is 2.33 bits per heavy atom. The van der Waals surface area contributed by atoms with Crippen LogP contribution in [0.5, 0.6) is 5.75 Å². The van der Waals surface area contributed by atoms with Gasteiger partial charge in [-0.2, -0.15) is 0 Å². The van der Waals surface area contributed by atoms with Crippen LogP contribution < -0.4 is 10.1 Å². The average molecular weight is 311 g/mol. The van der Waals surface area contributed by atoms with Gasteiger partial charge >= 0.3 is 0 Å². The highest BCUT2D eigenvalue weighted by Crippen LogP contribution is 2.25. The number of likely N-dealkylation sites (tertiary alicyclic amines) is 1. The van der Waals surface area contributed by atoms with Crippen LogP contribution in [0.25, 0.3) is 0 Å². The summed E-state index contributed by atoms with van der Waals surface area (Å²) < 4.78 is 5.64. The van der Waals surface area contributed by atoms with Gasteiger partial charge in [0.15, 0.2) is 6.61 Å². The third-order valence-electron chi connectivity index (χ3n) is 3.93. The minimum Gasteiger partial charge on any atom is -0.483 e. The molecule has 1 saturated heterocycles. The van der Waals surface area contributed by atoms with E-state index in [0.29, 0.717) is 16.7 Å². The van der Waals surface area contributed by atoms with E-state index >= 15 is 0 Å². The van der Waals surface area contributed by atoms with Gasteiger partial charge in [-0.15, -0.1) is 0 Å². The van der Waals surface area contributed by atoms with E-state index in [0.717, 1.165) is 31.6 Å². The molecule has 0 aromatic heterocycles. The molecule has 1 atom stereocenters. The standard InChI is InChI=1S/C16H23ClN2O2/c1-12-14(17)6-3-7-15(12)21-11-16(20)19-8-4-5-13(10-19)9-18-2/h3,6-7,13,18H,4-5,8-11H2,1-2H3/t13-/m1/s1. The van der Waals surface area contributed by atoms with Crippen LogP contribution in [0, 0.1) is 12.8 Å². The van der Waals surface area contributed by atoms with Gasteiger partial charge in [0, 0.05) is 23.7 Å². The average Bonchev–Trinajstić information content (AvgIpc) is 2.49. The lowest BCUT2D eigenvalue weighted by atomic mass is 9.98. The number of rotatable bonds is 5. The van der Waals surface area contributed by atoms with E-state index in [1.807, 2.05) is 37.1 Å². The highest BCUT2D eigenvalue weighted by molar-refractivity contribution is 6.31. The van der Waals surface area contributed by atoms with Crippen molar-refractivity contribution in [3.8, 4) is 5.75 Å². The first-order valence-corrected chi connectivity index (χ1v) is 7.80. The van der Waals surface area contributed by atoms with E-state index in [2.05, 4.69) is 5.32 Å². The van der Waals surface area contributed by atoms with Gasteiger partial charge in [0.1, 0.15) is 5.75 Å². The van der Waals surface area contributed by atoms with Crippen LogP contribution in [0.15, 0.2) is 18.2 Å². The summed E-state index contributed by atoms with van der Waals surface area (Å²) in [5.74, 6) is 1.27. The highest BCUT2D eigenvalue weighted by atomic mass is 35.5. The van der Waals surface area contributed by atoms with E-state index in [1.165, 1.54) is 6.42 Å². The van der Waals surface area contributed by atoms with Crippen molar-refractivity contribution in [2.45, 2.75) is 19.8 Å². The lowest BCUT2D eigenvalue weighted by Crippen LogP contribution is -2.44. The van der Waals surface area contributed by atoms with Gasteiger partial charge in [0.05, 0.1) is 0 Å². The monoisotopic (exact) mass is 310 g/mol. The Hall–Kier alpha value is -1.26. The summed E-state index contributed by atoms with van der Waals surface area (Å²) in [4.78, 5) is 14.2. The van der Waals surface area contributed by atoms with Crippen LogP contribution in [0.1, 0.15) is 18.4 Å². The minimum absolute atomic E-state index is 0.0511. The number of benzene rings is 1. The van der Waals surface area contributed by atoms with Gasteiger partial charge in [-0.05, 0) is 51.4 Å². The maximum Gasteiger partial charge on any atom is 0.260 e. The van der Waals surface area contributed by atoms with Gasteiger partial charge in [0.25, 0.3) is 5.91 Å². The van der Waals surface area contributed by atoms with Crippen molar-refractivity contribution in [2.24, 2.45) is 5.92 Å². The van der Waals surface area contributed by atoms with Crippen molar-refractivity contribution in [3.63, 3.8) is 0 Å². The van der Waals surface area contributed by atoms with Crippen molar-refractivity contribution in [1.29, 1.82) is 0 Å². The Balaban J connectivity index is 1.88. The lowest BCUT2D eigenvalue weighted by Gasteiger charge is -2.32. The fraction of sp³-hybridized carbons (Fsp3) is 0.562. The molecule has 0 saturated carbocycles. The molecule has 0 aliphatic carbocycles. The molecule has 0 spiro atoms. The van der Waals surface area contributed by atoms with Crippen LogP contribution in [0.2, 0.25) is 5.02 Å². The van der Waals surface area contributed by atoms with Crippen molar-refractivity contribution >= 4 is 17.5 Å². The first kappa shape index (κ1) is 16.1. The molecular formula is C16H23ClN2O2. The lowest BCUT2D eigenvalue weighted by molar-refractivity contribution is -0.135. The van der Waals surface area contributed by atoms with Gasteiger partial charge in [-0.25, -0.2) is 0 Å². The molecule has 1 aliphatic heterocycles. The molecule has 0 unspecified atom stereocenters. The zero-order valence-corrected chi connectivity index (χ0v) is 13.4. The van der Waals surface area contributed by atoms with Crippen LogP contribution in [0.4, 0.5) is 0 Å². The van der Waals surface area contributed by atoms with Crippen LogP contribution in [-0.4, -0.2) is 44.1 Å². The van der Waals surface area contributed by atoms with E-state index in [9.17, 15) is 4.79 Å². The summed E-state index contributed by atoms with van der Waals surface area (Å²) in [6, 6.07) is 5.49.